The van der Waals surface area contributed by atoms with Crippen molar-refractivity contribution in [1.29, 1.82) is 0 Å². The Kier molecular flexibility index (Phi) is 3.21. The van der Waals surface area contributed by atoms with Gasteiger partial charge in [-0.15, -0.1) is 0 Å². The molecule has 1 unspecified atom stereocenters. The van der Waals surface area contributed by atoms with Crippen LogP contribution in [0.4, 0.5) is 0 Å². The Labute approximate surface area is 117 Å². The normalized spacial score (nSPS) is 22.3. The fraction of sp³-hybridized carbons (Fsp3) is 0.667. The third kappa shape index (κ3) is 2.58. The van der Waals surface area contributed by atoms with Gasteiger partial charge in [0.15, 0.2) is 0 Å². The van der Waals surface area contributed by atoms with Crippen molar-refractivity contribution in [3.8, 4) is 0 Å². The topological polar surface area (TPSA) is 12.0 Å². The van der Waals surface area contributed by atoms with Gasteiger partial charge >= 0.3 is 0 Å². The van der Waals surface area contributed by atoms with E-state index in [9.17, 15) is 0 Å². The van der Waals surface area contributed by atoms with Crippen molar-refractivity contribution in [3.05, 3.63) is 34.4 Å². The molecule has 1 nitrogen and oxygen atoms in total. The molecule has 1 N–H and O–H groups in total. The zero-order valence-electron chi connectivity index (χ0n) is 12.8. The van der Waals surface area contributed by atoms with Crippen LogP contribution in [0, 0.1) is 32.1 Å². The molecule has 2 fully saturated rings. The summed E-state index contributed by atoms with van der Waals surface area (Å²) in [6.07, 6.45) is 5.89. The number of benzene rings is 1. The van der Waals surface area contributed by atoms with Crippen LogP contribution < -0.4 is 5.32 Å². The van der Waals surface area contributed by atoms with Gasteiger partial charge in [0.25, 0.3) is 0 Å². The van der Waals surface area contributed by atoms with E-state index in [1.807, 2.05) is 0 Å². The van der Waals surface area contributed by atoms with Gasteiger partial charge in [0.05, 0.1) is 0 Å². The van der Waals surface area contributed by atoms with Crippen molar-refractivity contribution in [3.63, 3.8) is 0 Å². The second kappa shape index (κ2) is 4.63. The highest BCUT2D eigenvalue weighted by molar-refractivity contribution is 5.38. The third-order valence-corrected chi connectivity index (χ3v) is 5.44. The highest BCUT2D eigenvalue weighted by Crippen LogP contribution is 2.60. The molecule has 2 aliphatic carbocycles. The van der Waals surface area contributed by atoms with Crippen LogP contribution in [0.15, 0.2) is 12.1 Å². The van der Waals surface area contributed by atoms with E-state index in [-0.39, 0.29) is 0 Å². The highest BCUT2D eigenvalue weighted by atomic mass is 14.9. The number of nitrogens with one attached hydrogen (secondary N) is 1. The van der Waals surface area contributed by atoms with Crippen molar-refractivity contribution < 1.29 is 0 Å². The predicted octanol–water partition coefficient (Wildman–Crippen LogP) is 4.45. The van der Waals surface area contributed by atoms with Crippen molar-refractivity contribution in [1.82, 2.24) is 5.32 Å². The second-order valence-electron chi connectivity index (χ2n) is 7.03. The minimum atomic E-state index is 0.482. The van der Waals surface area contributed by atoms with Gasteiger partial charge in [0, 0.05) is 12.6 Å². The molecule has 0 aliphatic heterocycles. The minimum Gasteiger partial charge on any atom is -0.310 e. The molecule has 2 saturated carbocycles. The van der Waals surface area contributed by atoms with Gasteiger partial charge in [0.2, 0.25) is 0 Å². The highest BCUT2D eigenvalue weighted by Gasteiger charge is 2.53. The SMILES string of the molecule is Cc1cc(C)c(C(C)NCC2(C3CC3)CC2)cc1C. The molecule has 0 spiro atoms. The van der Waals surface area contributed by atoms with E-state index in [4.69, 9.17) is 0 Å². The Bertz CT molecular complexity index is 481. The Morgan fingerprint density at radius 1 is 1.11 bits per heavy atom. The lowest BCUT2D eigenvalue weighted by Crippen LogP contribution is -2.28. The number of hydrogen-bond donors (Lipinski definition) is 1. The molecule has 0 aromatic heterocycles. The molecular formula is C18H27N. The summed E-state index contributed by atoms with van der Waals surface area (Å²) in [5, 5.41) is 3.81. The molecule has 1 aromatic carbocycles. The molecule has 3 rings (SSSR count). The summed E-state index contributed by atoms with van der Waals surface area (Å²) in [7, 11) is 0. The Balaban J connectivity index is 1.66. The molecule has 104 valence electrons. The summed E-state index contributed by atoms with van der Waals surface area (Å²) in [5.41, 5.74) is 6.43. The summed E-state index contributed by atoms with van der Waals surface area (Å²) >= 11 is 0. The van der Waals surface area contributed by atoms with Crippen LogP contribution in [-0.2, 0) is 0 Å². The van der Waals surface area contributed by atoms with Crippen molar-refractivity contribution in [2.45, 2.75) is 59.4 Å². The molecule has 0 heterocycles. The fourth-order valence-electron chi connectivity index (χ4n) is 3.50. The predicted molar refractivity (Wildman–Crippen MR) is 81.5 cm³/mol. The Morgan fingerprint density at radius 3 is 2.32 bits per heavy atom. The van der Waals surface area contributed by atoms with Crippen LogP contribution in [0.3, 0.4) is 0 Å². The van der Waals surface area contributed by atoms with Crippen LogP contribution in [0.5, 0.6) is 0 Å². The first-order valence-electron chi connectivity index (χ1n) is 7.83. The molecule has 0 saturated heterocycles. The van der Waals surface area contributed by atoms with E-state index in [1.54, 1.807) is 0 Å². The van der Waals surface area contributed by atoms with Crippen molar-refractivity contribution in [2.24, 2.45) is 11.3 Å². The maximum absolute atomic E-state index is 3.81. The smallest absolute Gasteiger partial charge is 0.0294 e. The standard InChI is InChI=1S/C18H27N/c1-12-9-14(3)17(10-13(12)2)15(4)19-11-18(7-8-18)16-5-6-16/h9-10,15-16,19H,5-8,11H2,1-4H3. The molecule has 0 radical (unpaired) electrons. The zero-order valence-corrected chi connectivity index (χ0v) is 12.8. The quantitative estimate of drug-likeness (QED) is 0.821. The van der Waals surface area contributed by atoms with E-state index in [1.165, 1.54) is 54.5 Å². The average molecular weight is 257 g/mol. The summed E-state index contributed by atoms with van der Waals surface area (Å²) in [6, 6.07) is 5.19. The van der Waals surface area contributed by atoms with Crippen molar-refractivity contribution in [2.75, 3.05) is 6.54 Å². The second-order valence-corrected chi connectivity index (χ2v) is 7.03. The van der Waals surface area contributed by atoms with Gasteiger partial charge in [-0.3, -0.25) is 0 Å². The molecule has 2 aliphatic rings. The molecular weight excluding hydrogens is 230 g/mol. The summed E-state index contributed by atoms with van der Waals surface area (Å²) in [4.78, 5) is 0. The zero-order chi connectivity index (χ0) is 13.6. The lowest BCUT2D eigenvalue weighted by atomic mass is 9.95. The van der Waals surface area contributed by atoms with Gasteiger partial charge in [-0.2, -0.15) is 0 Å². The summed E-state index contributed by atoms with van der Waals surface area (Å²) in [6.45, 7) is 10.2. The number of aryl methyl sites for hydroxylation is 3. The molecule has 1 atom stereocenters. The first kappa shape index (κ1) is 13.2. The van der Waals surface area contributed by atoms with Gasteiger partial charge in [-0.25, -0.2) is 0 Å². The fourth-order valence-corrected chi connectivity index (χ4v) is 3.50. The number of rotatable bonds is 5. The van der Waals surface area contributed by atoms with E-state index in [0.717, 1.165) is 5.92 Å². The first-order chi connectivity index (χ1) is 9.02. The van der Waals surface area contributed by atoms with Gasteiger partial charge in [-0.05, 0) is 87.0 Å². The van der Waals surface area contributed by atoms with E-state index >= 15 is 0 Å². The number of hydrogen-bond acceptors (Lipinski definition) is 1. The average Bonchev–Trinajstić information content (AvgIpc) is 3.23. The summed E-state index contributed by atoms with van der Waals surface area (Å²) < 4.78 is 0. The molecule has 0 bridgehead atoms. The van der Waals surface area contributed by atoms with Gasteiger partial charge < -0.3 is 5.32 Å². The Morgan fingerprint density at radius 2 is 1.74 bits per heavy atom. The van der Waals surface area contributed by atoms with Crippen LogP contribution >= 0.6 is 0 Å². The van der Waals surface area contributed by atoms with Gasteiger partial charge in [-0.1, -0.05) is 12.1 Å². The van der Waals surface area contributed by atoms with Crippen LogP contribution in [0.25, 0.3) is 0 Å². The lowest BCUT2D eigenvalue weighted by Gasteiger charge is -2.22. The van der Waals surface area contributed by atoms with E-state index in [2.05, 4.69) is 45.1 Å². The van der Waals surface area contributed by atoms with E-state index < -0.39 is 0 Å². The molecule has 1 aromatic rings. The largest absolute Gasteiger partial charge is 0.310 e. The lowest BCUT2D eigenvalue weighted by molar-refractivity contribution is 0.381. The maximum atomic E-state index is 3.81. The van der Waals surface area contributed by atoms with E-state index in [0.29, 0.717) is 11.5 Å². The molecule has 19 heavy (non-hydrogen) atoms. The minimum absolute atomic E-state index is 0.482. The molecule has 1 heteroatoms. The van der Waals surface area contributed by atoms with Crippen LogP contribution in [-0.4, -0.2) is 6.54 Å². The Hall–Kier alpha value is -0.820. The maximum Gasteiger partial charge on any atom is 0.0294 e. The molecule has 0 amide bonds. The third-order valence-electron chi connectivity index (χ3n) is 5.44. The first-order valence-corrected chi connectivity index (χ1v) is 7.83. The van der Waals surface area contributed by atoms with Crippen molar-refractivity contribution >= 4 is 0 Å². The van der Waals surface area contributed by atoms with Gasteiger partial charge in [0.1, 0.15) is 0 Å². The van der Waals surface area contributed by atoms with Crippen LogP contribution in [0.1, 0.15) is 60.9 Å². The summed E-state index contributed by atoms with van der Waals surface area (Å²) in [5.74, 6) is 1.05. The van der Waals surface area contributed by atoms with Crippen LogP contribution in [0.2, 0.25) is 0 Å². The monoisotopic (exact) mass is 257 g/mol.